The lowest BCUT2D eigenvalue weighted by Gasteiger charge is -1.81. The maximum atomic E-state index is 10.0. The minimum atomic E-state index is 0.729. The second-order valence-corrected chi connectivity index (χ2v) is 1.63. The number of carbonyl (C=O) groups is 1. The van der Waals surface area contributed by atoms with Crippen molar-refractivity contribution in [3.63, 3.8) is 0 Å². The van der Waals surface area contributed by atoms with Crippen LogP contribution in [0.15, 0.2) is 30.3 Å². The second kappa shape index (κ2) is 6.30. The van der Waals surface area contributed by atoms with Gasteiger partial charge in [-0.05, 0) is 0 Å². The van der Waals surface area contributed by atoms with Gasteiger partial charge in [0.25, 0.3) is 6.26 Å². The number of nitriles is 1. The summed E-state index contributed by atoms with van der Waals surface area (Å²) < 4.78 is 0. The third kappa shape index (κ3) is 4.67. The fourth-order valence-electron chi connectivity index (χ4n) is 0.532. The molecule has 11 heavy (non-hydrogen) atoms. The van der Waals surface area contributed by atoms with E-state index in [1.165, 1.54) is 0 Å². The average Bonchev–Trinajstić information content (AvgIpc) is 2.08. The van der Waals surface area contributed by atoms with Crippen molar-refractivity contribution in [2.24, 2.45) is 0 Å². The third-order valence-corrected chi connectivity index (χ3v) is 0.936. The number of hydrogen-bond acceptors (Lipinski definition) is 3. The van der Waals surface area contributed by atoms with E-state index >= 15 is 0 Å². The van der Waals surface area contributed by atoms with Gasteiger partial charge in [0.2, 0.25) is 0 Å². The fraction of sp³-hybridized carbons (Fsp3) is 0. The van der Waals surface area contributed by atoms with E-state index in [0.717, 1.165) is 18.1 Å². The van der Waals surface area contributed by atoms with Crippen LogP contribution >= 0.6 is 0 Å². The molecule has 0 spiro atoms. The van der Waals surface area contributed by atoms with Crippen molar-refractivity contribution in [3.05, 3.63) is 35.9 Å². The SMILES string of the molecule is N#CO.O=Cc1ccccc1. The van der Waals surface area contributed by atoms with Crippen molar-refractivity contribution in [2.45, 2.75) is 0 Å². The molecule has 0 fully saturated rings. The maximum Gasteiger partial charge on any atom is 0.283 e. The topological polar surface area (TPSA) is 61.1 Å². The van der Waals surface area contributed by atoms with Crippen molar-refractivity contribution in [2.75, 3.05) is 0 Å². The molecule has 0 bridgehead atoms. The summed E-state index contributed by atoms with van der Waals surface area (Å²) in [7, 11) is 0. The molecule has 0 radical (unpaired) electrons. The number of hydrogen-bond donors (Lipinski definition) is 1. The highest BCUT2D eigenvalue weighted by Gasteiger charge is 1.79. The lowest BCUT2D eigenvalue weighted by atomic mass is 10.2. The van der Waals surface area contributed by atoms with E-state index in [1.54, 1.807) is 12.1 Å². The monoisotopic (exact) mass is 149 g/mol. The molecule has 56 valence electrons. The Balaban J connectivity index is 0.000000292. The van der Waals surface area contributed by atoms with Crippen LogP contribution in [0.4, 0.5) is 0 Å². The van der Waals surface area contributed by atoms with Gasteiger partial charge in [0, 0.05) is 5.56 Å². The summed E-state index contributed by atoms with van der Waals surface area (Å²) >= 11 is 0. The molecule has 3 heteroatoms. The zero-order valence-corrected chi connectivity index (χ0v) is 5.77. The quantitative estimate of drug-likeness (QED) is 0.484. The fourth-order valence-corrected chi connectivity index (χ4v) is 0.532. The largest absolute Gasteiger partial charge is 0.443 e. The molecule has 0 amide bonds. The molecule has 0 unspecified atom stereocenters. The number of aliphatic hydroxyl groups is 1. The van der Waals surface area contributed by atoms with Gasteiger partial charge in [-0.25, -0.2) is 0 Å². The first-order valence-electron chi connectivity index (χ1n) is 2.88. The highest BCUT2D eigenvalue weighted by Crippen LogP contribution is 1.91. The Morgan fingerprint density at radius 3 is 2.09 bits per heavy atom. The predicted molar refractivity (Wildman–Crippen MR) is 39.4 cm³/mol. The van der Waals surface area contributed by atoms with Crippen LogP contribution in [0, 0.1) is 11.5 Å². The third-order valence-electron chi connectivity index (χ3n) is 0.936. The zero-order chi connectivity index (χ0) is 8.53. The van der Waals surface area contributed by atoms with E-state index in [9.17, 15) is 4.79 Å². The number of aldehydes is 1. The van der Waals surface area contributed by atoms with Crippen LogP contribution in [0.1, 0.15) is 10.4 Å². The molecule has 0 aliphatic carbocycles. The summed E-state index contributed by atoms with van der Waals surface area (Å²) in [5.41, 5.74) is 0.729. The Morgan fingerprint density at radius 2 is 1.82 bits per heavy atom. The van der Waals surface area contributed by atoms with Gasteiger partial charge in [-0.15, -0.1) is 0 Å². The Kier molecular flexibility index (Phi) is 5.26. The minimum absolute atomic E-state index is 0.729. The summed E-state index contributed by atoms with van der Waals surface area (Å²) in [5, 5.41) is 13.8. The van der Waals surface area contributed by atoms with Crippen molar-refractivity contribution < 1.29 is 9.90 Å². The minimum Gasteiger partial charge on any atom is -0.443 e. The highest BCUT2D eigenvalue weighted by molar-refractivity contribution is 5.74. The molecule has 0 aromatic heterocycles. The van der Waals surface area contributed by atoms with Crippen LogP contribution in [0.3, 0.4) is 0 Å². The molecule has 1 rings (SSSR count). The van der Waals surface area contributed by atoms with Crippen LogP contribution in [0.25, 0.3) is 0 Å². The van der Waals surface area contributed by atoms with Crippen LogP contribution in [0.2, 0.25) is 0 Å². The number of nitrogens with zero attached hydrogens (tertiary/aromatic N) is 1. The smallest absolute Gasteiger partial charge is 0.283 e. The van der Waals surface area contributed by atoms with E-state index in [1.807, 2.05) is 18.2 Å². The molecule has 0 saturated carbocycles. The van der Waals surface area contributed by atoms with Crippen molar-refractivity contribution in [1.82, 2.24) is 0 Å². The normalized spacial score (nSPS) is 6.82. The average molecular weight is 149 g/mol. The van der Waals surface area contributed by atoms with E-state index in [0.29, 0.717) is 0 Å². The first kappa shape index (κ1) is 9.18. The van der Waals surface area contributed by atoms with E-state index in [4.69, 9.17) is 10.4 Å². The molecule has 1 N–H and O–H groups in total. The molecule has 0 atom stereocenters. The summed E-state index contributed by atoms with van der Waals surface area (Å²) in [6.45, 7) is 0. The summed E-state index contributed by atoms with van der Waals surface area (Å²) in [5.74, 6) is 0. The van der Waals surface area contributed by atoms with E-state index in [-0.39, 0.29) is 0 Å². The van der Waals surface area contributed by atoms with Crippen molar-refractivity contribution >= 4 is 6.29 Å². The Bertz CT molecular complexity index is 238. The van der Waals surface area contributed by atoms with Gasteiger partial charge < -0.3 is 5.11 Å². The van der Waals surface area contributed by atoms with E-state index in [2.05, 4.69) is 0 Å². The Labute approximate surface area is 64.5 Å². The van der Waals surface area contributed by atoms with Gasteiger partial charge in [0.1, 0.15) is 6.29 Å². The van der Waals surface area contributed by atoms with Gasteiger partial charge >= 0.3 is 0 Å². The number of carbonyl (C=O) groups excluding carboxylic acids is 1. The van der Waals surface area contributed by atoms with Crippen molar-refractivity contribution in [1.29, 1.82) is 5.26 Å². The first-order chi connectivity index (χ1) is 5.35. The predicted octanol–water partition coefficient (Wildman–Crippen LogP) is 1.34. The zero-order valence-electron chi connectivity index (χ0n) is 5.77. The molecule has 0 heterocycles. The molecular weight excluding hydrogens is 142 g/mol. The van der Waals surface area contributed by atoms with Crippen LogP contribution in [-0.2, 0) is 0 Å². The van der Waals surface area contributed by atoms with Gasteiger partial charge in [-0.1, -0.05) is 30.3 Å². The van der Waals surface area contributed by atoms with Gasteiger partial charge in [-0.2, -0.15) is 5.26 Å². The van der Waals surface area contributed by atoms with Crippen LogP contribution < -0.4 is 0 Å². The molecule has 1 aromatic carbocycles. The lowest BCUT2D eigenvalue weighted by molar-refractivity contribution is 0.112. The standard InChI is InChI=1S/C7H6O.CHNO/c8-6-7-4-2-1-3-5-7;2-1-3/h1-6H;3H. The van der Waals surface area contributed by atoms with Crippen LogP contribution in [-0.4, -0.2) is 11.4 Å². The highest BCUT2D eigenvalue weighted by atomic mass is 16.2. The first-order valence-corrected chi connectivity index (χ1v) is 2.88. The Hall–Kier alpha value is -1.82. The Morgan fingerprint density at radius 1 is 1.36 bits per heavy atom. The number of aliphatic hydroxyl groups excluding tert-OH is 1. The number of rotatable bonds is 1. The van der Waals surface area contributed by atoms with Gasteiger partial charge in [0.15, 0.2) is 0 Å². The van der Waals surface area contributed by atoms with Crippen LogP contribution in [0.5, 0.6) is 0 Å². The maximum absolute atomic E-state index is 10.0. The molecule has 0 saturated heterocycles. The molecule has 1 aromatic rings. The lowest BCUT2D eigenvalue weighted by Crippen LogP contribution is -1.73. The molecule has 0 aliphatic rings. The number of benzene rings is 1. The molecule has 3 nitrogen and oxygen atoms in total. The van der Waals surface area contributed by atoms with Gasteiger partial charge in [-0.3, -0.25) is 4.79 Å². The van der Waals surface area contributed by atoms with Gasteiger partial charge in [0.05, 0.1) is 0 Å². The van der Waals surface area contributed by atoms with Crippen molar-refractivity contribution in [3.8, 4) is 6.26 Å². The summed E-state index contributed by atoms with van der Waals surface area (Å²) in [4.78, 5) is 10.0. The molecule has 0 aliphatic heterocycles. The van der Waals surface area contributed by atoms with E-state index < -0.39 is 0 Å². The molecular formula is C8H7NO2. The summed E-state index contributed by atoms with van der Waals surface area (Å²) in [6, 6.07) is 9.10. The summed E-state index contributed by atoms with van der Waals surface area (Å²) in [6.07, 6.45) is 1.58. The second-order valence-electron chi connectivity index (χ2n) is 1.63.